The van der Waals surface area contributed by atoms with Crippen LogP contribution in [0.15, 0.2) is 48.5 Å². The summed E-state index contributed by atoms with van der Waals surface area (Å²) >= 11 is 0. The third kappa shape index (κ3) is 5.93. The first-order valence-corrected chi connectivity index (χ1v) is 9.10. The fourth-order valence-corrected chi connectivity index (χ4v) is 2.73. The van der Waals surface area contributed by atoms with Gasteiger partial charge >= 0.3 is 5.97 Å². The van der Waals surface area contributed by atoms with Gasteiger partial charge in [0.2, 0.25) is 0 Å². The van der Waals surface area contributed by atoms with E-state index in [1.54, 1.807) is 7.11 Å². The van der Waals surface area contributed by atoms with E-state index >= 15 is 0 Å². The van der Waals surface area contributed by atoms with E-state index < -0.39 is 0 Å². The molecule has 0 aromatic heterocycles. The molecule has 0 radical (unpaired) electrons. The maximum Gasteiger partial charge on any atom is 0.314 e. The van der Waals surface area contributed by atoms with Crippen LogP contribution in [0.4, 0.5) is 0 Å². The first-order chi connectivity index (χ1) is 12.1. The van der Waals surface area contributed by atoms with Crippen LogP contribution in [0.3, 0.4) is 0 Å². The smallest absolute Gasteiger partial charge is 0.314 e. The molecule has 0 N–H and O–H groups in total. The second kappa shape index (κ2) is 9.87. The fraction of sp³-hybridized carbons (Fsp3) is 0.409. The summed E-state index contributed by atoms with van der Waals surface area (Å²) in [5.74, 6) is 1.20. The van der Waals surface area contributed by atoms with E-state index in [2.05, 4.69) is 6.92 Å². The maximum atomic E-state index is 12.3. The van der Waals surface area contributed by atoms with Gasteiger partial charge < -0.3 is 9.47 Å². The minimum absolute atomic E-state index is 0.0681. The highest BCUT2D eigenvalue weighted by molar-refractivity contribution is 5.75. The Labute approximate surface area is 151 Å². The summed E-state index contributed by atoms with van der Waals surface area (Å²) < 4.78 is 10.8. The molecule has 25 heavy (non-hydrogen) atoms. The van der Waals surface area contributed by atoms with E-state index in [0.717, 1.165) is 29.7 Å². The number of unbranched alkanes of at least 4 members (excludes halogenated alkanes) is 3. The minimum Gasteiger partial charge on any atom is -0.497 e. The summed E-state index contributed by atoms with van der Waals surface area (Å²) in [7, 11) is 1.65. The van der Waals surface area contributed by atoms with Crippen molar-refractivity contribution in [2.75, 3.05) is 7.11 Å². The molecule has 0 saturated heterocycles. The number of hydrogen-bond acceptors (Lipinski definition) is 3. The lowest BCUT2D eigenvalue weighted by Crippen LogP contribution is -2.17. The Bertz CT molecular complexity index is 661. The van der Waals surface area contributed by atoms with Crippen LogP contribution in [0.25, 0.3) is 11.1 Å². The minimum atomic E-state index is -0.150. The van der Waals surface area contributed by atoms with Crippen LogP contribution in [-0.4, -0.2) is 13.1 Å². The lowest BCUT2D eigenvalue weighted by atomic mass is 10.0. The summed E-state index contributed by atoms with van der Waals surface area (Å²) in [6.45, 7) is 4.13. The Balaban J connectivity index is 1.97. The SMILES string of the molecule is CCCCCCC(C)C(=O)Oc1cccc(-c2ccc(OC)cc2)c1. The monoisotopic (exact) mass is 340 g/mol. The molecule has 3 heteroatoms. The van der Waals surface area contributed by atoms with E-state index in [4.69, 9.17) is 9.47 Å². The van der Waals surface area contributed by atoms with Gasteiger partial charge in [0.05, 0.1) is 13.0 Å². The summed E-state index contributed by atoms with van der Waals surface area (Å²) in [6.07, 6.45) is 5.58. The van der Waals surface area contributed by atoms with Gasteiger partial charge in [-0.1, -0.05) is 63.8 Å². The van der Waals surface area contributed by atoms with Gasteiger partial charge in [0.15, 0.2) is 0 Å². The van der Waals surface area contributed by atoms with Gasteiger partial charge in [0, 0.05) is 0 Å². The third-order valence-corrected chi connectivity index (χ3v) is 4.37. The fourth-order valence-electron chi connectivity index (χ4n) is 2.73. The normalized spacial score (nSPS) is 11.8. The lowest BCUT2D eigenvalue weighted by molar-refractivity contribution is -0.138. The molecule has 3 nitrogen and oxygen atoms in total. The number of ether oxygens (including phenoxy) is 2. The van der Waals surface area contributed by atoms with Gasteiger partial charge in [0.1, 0.15) is 11.5 Å². The zero-order valence-electron chi connectivity index (χ0n) is 15.5. The number of rotatable bonds is 9. The molecule has 0 saturated carbocycles. The van der Waals surface area contributed by atoms with Gasteiger partial charge in [0.25, 0.3) is 0 Å². The number of carbonyl (C=O) groups excluding carboxylic acids is 1. The number of hydrogen-bond donors (Lipinski definition) is 0. The molecule has 2 aromatic carbocycles. The van der Waals surface area contributed by atoms with Crippen molar-refractivity contribution >= 4 is 5.97 Å². The Morgan fingerprint density at radius 3 is 2.40 bits per heavy atom. The van der Waals surface area contributed by atoms with E-state index in [0.29, 0.717) is 5.75 Å². The highest BCUT2D eigenvalue weighted by atomic mass is 16.5. The van der Waals surface area contributed by atoms with Crippen LogP contribution < -0.4 is 9.47 Å². The van der Waals surface area contributed by atoms with Crippen molar-refractivity contribution < 1.29 is 14.3 Å². The topological polar surface area (TPSA) is 35.5 Å². The van der Waals surface area contributed by atoms with Crippen molar-refractivity contribution in [3.63, 3.8) is 0 Å². The predicted octanol–water partition coefficient (Wildman–Crippen LogP) is 5.87. The van der Waals surface area contributed by atoms with E-state index in [9.17, 15) is 4.79 Å². The van der Waals surface area contributed by atoms with Crippen molar-refractivity contribution in [3.05, 3.63) is 48.5 Å². The molecule has 2 aromatic rings. The molecule has 0 spiro atoms. The van der Waals surface area contributed by atoms with Crippen molar-refractivity contribution in [2.24, 2.45) is 5.92 Å². The van der Waals surface area contributed by atoms with Crippen LogP contribution in [0.2, 0.25) is 0 Å². The van der Waals surface area contributed by atoms with Gasteiger partial charge in [-0.25, -0.2) is 0 Å². The molecule has 0 heterocycles. The molecular formula is C22H28O3. The predicted molar refractivity (Wildman–Crippen MR) is 102 cm³/mol. The van der Waals surface area contributed by atoms with Crippen molar-refractivity contribution in [3.8, 4) is 22.6 Å². The highest BCUT2D eigenvalue weighted by Crippen LogP contribution is 2.26. The van der Waals surface area contributed by atoms with Crippen LogP contribution in [0, 0.1) is 5.92 Å². The second-order valence-electron chi connectivity index (χ2n) is 6.43. The Kier molecular flexibility index (Phi) is 7.52. The first kappa shape index (κ1) is 19.0. The maximum absolute atomic E-state index is 12.3. The Hall–Kier alpha value is -2.29. The average Bonchev–Trinajstić information content (AvgIpc) is 2.65. The molecule has 0 aliphatic carbocycles. The molecule has 1 atom stereocenters. The summed E-state index contributed by atoms with van der Waals surface area (Å²) in [4.78, 5) is 12.3. The van der Waals surface area contributed by atoms with Crippen molar-refractivity contribution in [2.45, 2.75) is 46.0 Å². The van der Waals surface area contributed by atoms with Crippen LogP contribution in [-0.2, 0) is 4.79 Å². The molecule has 1 unspecified atom stereocenters. The average molecular weight is 340 g/mol. The van der Waals surface area contributed by atoms with E-state index in [-0.39, 0.29) is 11.9 Å². The molecule has 0 aliphatic rings. The van der Waals surface area contributed by atoms with Gasteiger partial charge in [-0.3, -0.25) is 4.79 Å². The van der Waals surface area contributed by atoms with Gasteiger partial charge in [-0.05, 0) is 41.8 Å². The quantitative estimate of drug-likeness (QED) is 0.325. The number of benzene rings is 2. The summed E-state index contributed by atoms with van der Waals surface area (Å²) in [5.41, 5.74) is 2.08. The van der Waals surface area contributed by atoms with Crippen LogP contribution in [0.5, 0.6) is 11.5 Å². The zero-order chi connectivity index (χ0) is 18.1. The standard InChI is InChI=1S/C22H28O3/c1-4-5-6-7-9-17(2)22(23)25-21-11-8-10-19(16-21)18-12-14-20(24-3)15-13-18/h8,10-17H,4-7,9H2,1-3H3. The number of methoxy groups -OCH3 is 1. The molecule has 0 aliphatic heterocycles. The first-order valence-electron chi connectivity index (χ1n) is 9.10. The van der Waals surface area contributed by atoms with Crippen molar-refractivity contribution in [1.29, 1.82) is 0 Å². The zero-order valence-corrected chi connectivity index (χ0v) is 15.5. The molecule has 134 valence electrons. The summed E-state index contributed by atoms with van der Waals surface area (Å²) in [6, 6.07) is 15.5. The van der Waals surface area contributed by atoms with Gasteiger partial charge in [-0.15, -0.1) is 0 Å². The summed E-state index contributed by atoms with van der Waals surface area (Å²) in [5, 5.41) is 0. The highest BCUT2D eigenvalue weighted by Gasteiger charge is 2.15. The van der Waals surface area contributed by atoms with E-state index in [1.165, 1.54) is 19.3 Å². The van der Waals surface area contributed by atoms with Crippen molar-refractivity contribution in [1.82, 2.24) is 0 Å². The molecular weight excluding hydrogens is 312 g/mol. The third-order valence-electron chi connectivity index (χ3n) is 4.37. The van der Waals surface area contributed by atoms with Crippen LogP contribution in [0.1, 0.15) is 46.0 Å². The second-order valence-corrected chi connectivity index (χ2v) is 6.43. The lowest BCUT2D eigenvalue weighted by Gasteiger charge is -2.12. The van der Waals surface area contributed by atoms with E-state index in [1.807, 2.05) is 55.5 Å². The number of esters is 1. The van der Waals surface area contributed by atoms with Crippen LogP contribution >= 0.6 is 0 Å². The Morgan fingerprint density at radius 2 is 1.72 bits per heavy atom. The molecule has 0 bridgehead atoms. The molecule has 0 fully saturated rings. The molecule has 0 amide bonds. The number of carbonyl (C=O) groups is 1. The van der Waals surface area contributed by atoms with Gasteiger partial charge in [-0.2, -0.15) is 0 Å². The molecule has 2 rings (SSSR count). The Morgan fingerprint density at radius 1 is 0.960 bits per heavy atom. The largest absolute Gasteiger partial charge is 0.497 e.